The summed E-state index contributed by atoms with van der Waals surface area (Å²) in [6.45, 7) is 2.72. The smallest absolute Gasteiger partial charge is 0.211 e. The third kappa shape index (κ3) is 4.63. The van der Waals surface area contributed by atoms with Crippen molar-refractivity contribution in [3.8, 4) is 5.75 Å². The Balaban J connectivity index is 2.84. The van der Waals surface area contributed by atoms with E-state index in [2.05, 4.69) is 17.1 Å². The number of hydrogen-bond acceptors (Lipinski definition) is 3. The Kier molecular flexibility index (Phi) is 6.00. The number of halogens is 1. The molecule has 1 aromatic carbocycles. The second-order valence-electron chi connectivity index (χ2n) is 3.62. The van der Waals surface area contributed by atoms with Crippen LogP contribution in [0, 0.1) is 0 Å². The van der Waals surface area contributed by atoms with Gasteiger partial charge in [-0.15, -0.1) is 16.7 Å². The van der Waals surface area contributed by atoms with E-state index in [1.54, 1.807) is 6.21 Å². The normalized spacial score (nSPS) is 10.6. The highest BCUT2D eigenvalue weighted by Crippen LogP contribution is 2.21. The number of nitrogens with two attached hydrogens (primary N) is 2. The van der Waals surface area contributed by atoms with Crippen LogP contribution in [0.5, 0.6) is 5.75 Å². The number of guanidine groups is 1. The van der Waals surface area contributed by atoms with E-state index >= 15 is 0 Å². The fourth-order valence-electron chi connectivity index (χ4n) is 1.30. The molecule has 0 aromatic heterocycles. The first-order chi connectivity index (χ1) is 8.67. The zero-order chi connectivity index (χ0) is 13.4. The van der Waals surface area contributed by atoms with Crippen LogP contribution in [0.15, 0.2) is 28.4 Å². The molecule has 0 fully saturated rings. The molecular formula is C12H17ClN4O. The molecule has 0 radical (unpaired) electrons. The minimum Gasteiger partial charge on any atom is -0.493 e. The van der Waals surface area contributed by atoms with Gasteiger partial charge in [-0.3, -0.25) is 0 Å². The zero-order valence-corrected chi connectivity index (χ0v) is 11.0. The van der Waals surface area contributed by atoms with Gasteiger partial charge in [0.2, 0.25) is 5.96 Å². The van der Waals surface area contributed by atoms with Gasteiger partial charge >= 0.3 is 0 Å². The lowest BCUT2D eigenvalue weighted by atomic mass is 10.1. The maximum absolute atomic E-state index is 5.88. The molecule has 4 N–H and O–H groups in total. The summed E-state index contributed by atoms with van der Waals surface area (Å²) in [4.78, 5) is 0. The van der Waals surface area contributed by atoms with Crippen molar-refractivity contribution < 1.29 is 4.74 Å². The van der Waals surface area contributed by atoms with Gasteiger partial charge in [0, 0.05) is 5.56 Å². The van der Waals surface area contributed by atoms with E-state index in [1.165, 1.54) is 0 Å². The van der Waals surface area contributed by atoms with Gasteiger partial charge in [-0.1, -0.05) is 6.92 Å². The van der Waals surface area contributed by atoms with Crippen LogP contribution in [-0.4, -0.2) is 18.8 Å². The van der Waals surface area contributed by atoms with Crippen molar-refractivity contribution in [2.45, 2.75) is 19.2 Å². The summed E-state index contributed by atoms with van der Waals surface area (Å²) < 4.78 is 5.58. The standard InChI is InChI=1S/C12H17ClN4O/c1-2-5-18-11-4-3-9(6-10(11)7-13)8-16-17-12(14)15/h3-4,6,8H,2,5,7H2,1H3,(H4,14,15,17). The maximum atomic E-state index is 5.88. The van der Waals surface area contributed by atoms with Crippen LogP contribution in [0.25, 0.3) is 0 Å². The second-order valence-corrected chi connectivity index (χ2v) is 3.89. The van der Waals surface area contributed by atoms with Crippen molar-refractivity contribution in [3.63, 3.8) is 0 Å². The van der Waals surface area contributed by atoms with Crippen molar-refractivity contribution in [3.05, 3.63) is 29.3 Å². The Morgan fingerprint density at radius 3 is 2.83 bits per heavy atom. The molecule has 1 aromatic rings. The van der Waals surface area contributed by atoms with Crippen molar-refractivity contribution in [1.82, 2.24) is 0 Å². The summed E-state index contributed by atoms with van der Waals surface area (Å²) in [6.07, 6.45) is 2.51. The summed E-state index contributed by atoms with van der Waals surface area (Å²) in [5.41, 5.74) is 12.1. The molecule has 1 rings (SSSR count). The zero-order valence-electron chi connectivity index (χ0n) is 10.3. The third-order valence-corrected chi connectivity index (χ3v) is 2.36. The summed E-state index contributed by atoms with van der Waals surface area (Å²) in [7, 11) is 0. The van der Waals surface area contributed by atoms with Gasteiger partial charge in [0.1, 0.15) is 5.75 Å². The molecule has 18 heavy (non-hydrogen) atoms. The number of nitrogens with zero attached hydrogens (tertiary/aromatic N) is 2. The predicted molar refractivity (Wildman–Crippen MR) is 75.2 cm³/mol. The Labute approximate surface area is 111 Å². The molecule has 0 aliphatic carbocycles. The average molecular weight is 269 g/mol. The molecule has 0 atom stereocenters. The topological polar surface area (TPSA) is 86.0 Å². The van der Waals surface area contributed by atoms with E-state index in [9.17, 15) is 0 Å². The SMILES string of the molecule is CCCOc1ccc(C=NN=C(N)N)cc1CCl. The van der Waals surface area contributed by atoms with E-state index in [0.717, 1.165) is 23.3 Å². The highest BCUT2D eigenvalue weighted by atomic mass is 35.5. The lowest BCUT2D eigenvalue weighted by Crippen LogP contribution is -2.21. The van der Waals surface area contributed by atoms with Gasteiger partial charge in [0.25, 0.3) is 0 Å². The van der Waals surface area contributed by atoms with Crippen molar-refractivity contribution in [1.29, 1.82) is 0 Å². The Morgan fingerprint density at radius 1 is 1.44 bits per heavy atom. The summed E-state index contributed by atoms with van der Waals surface area (Å²) in [5, 5.41) is 7.26. The van der Waals surface area contributed by atoms with Crippen molar-refractivity contribution in [2.24, 2.45) is 21.7 Å². The molecule has 0 bridgehead atoms. The lowest BCUT2D eigenvalue weighted by Gasteiger charge is -2.09. The van der Waals surface area contributed by atoms with Gasteiger partial charge in [0.05, 0.1) is 18.7 Å². The van der Waals surface area contributed by atoms with E-state index in [1.807, 2.05) is 18.2 Å². The summed E-state index contributed by atoms with van der Waals surface area (Å²) >= 11 is 5.88. The molecule has 0 aliphatic heterocycles. The van der Waals surface area contributed by atoms with Crippen molar-refractivity contribution >= 4 is 23.8 Å². The van der Waals surface area contributed by atoms with Crippen molar-refractivity contribution in [2.75, 3.05) is 6.61 Å². The monoisotopic (exact) mass is 268 g/mol. The van der Waals surface area contributed by atoms with E-state index in [-0.39, 0.29) is 5.96 Å². The molecule has 6 heteroatoms. The first-order valence-electron chi connectivity index (χ1n) is 5.61. The molecule has 98 valence electrons. The highest BCUT2D eigenvalue weighted by Gasteiger charge is 2.03. The molecule has 0 unspecified atom stereocenters. The molecule has 0 amide bonds. The van der Waals surface area contributed by atoms with Crippen LogP contribution >= 0.6 is 11.6 Å². The summed E-state index contributed by atoms with van der Waals surface area (Å²) in [6, 6.07) is 5.63. The Bertz CT molecular complexity index is 442. The van der Waals surface area contributed by atoms with Crippen LogP contribution in [0.4, 0.5) is 0 Å². The van der Waals surface area contributed by atoms with Crippen LogP contribution < -0.4 is 16.2 Å². The predicted octanol–water partition coefficient (Wildman–Crippen LogP) is 1.82. The molecule has 0 heterocycles. The van der Waals surface area contributed by atoms with Crippen LogP contribution in [0.1, 0.15) is 24.5 Å². The van der Waals surface area contributed by atoms with E-state index in [4.69, 9.17) is 27.8 Å². The molecule has 0 aliphatic rings. The van der Waals surface area contributed by atoms with E-state index in [0.29, 0.717) is 12.5 Å². The lowest BCUT2D eigenvalue weighted by molar-refractivity contribution is 0.315. The maximum Gasteiger partial charge on any atom is 0.211 e. The Hall–Kier alpha value is -1.75. The fourth-order valence-corrected chi connectivity index (χ4v) is 1.51. The Morgan fingerprint density at radius 2 is 2.22 bits per heavy atom. The van der Waals surface area contributed by atoms with Crippen LogP contribution in [0.3, 0.4) is 0 Å². The number of alkyl halides is 1. The minimum atomic E-state index is -0.0771. The molecule has 5 nitrogen and oxygen atoms in total. The highest BCUT2D eigenvalue weighted by molar-refractivity contribution is 6.17. The second kappa shape index (κ2) is 7.55. The van der Waals surface area contributed by atoms with Gasteiger partial charge < -0.3 is 16.2 Å². The number of ether oxygens (including phenoxy) is 1. The quantitative estimate of drug-likeness (QED) is 0.357. The van der Waals surface area contributed by atoms with Gasteiger partial charge in [-0.25, -0.2) is 0 Å². The van der Waals surface area contributed by atoms with Crippen LogP contribution in [-0.2, 0) is 5.88 Å². The molecule has 0 saturated carbocycles. The van der Waals surface area contributed by atoms with Gasteiger partial charge in [0.15, 0.2) is 0 Å². The molecular weight excluding hydrogens is 252 g/mol. The third-order valence-electron chi connectivity index (χ3n) is 2.07. The first kappa shape index (κ1) is 14.3. The van der Waals surface area contributed by atoms with E-state index < -0.39 is 0 Å². The number of hydrogen-bond donors (Lipinski definition) is 2. The number of benzene rings is 1. The fraction of sp³-hybridized carbons (Fsp3) is 0.333. The average Bonchev–Trinajstić information content (AvgIpc) is 2.36. The summed E-state index contributed by atoms with van der Waals surface area (Å²) in [5.74, 6) is 1.10. The first-order valence-corrected chi connectivity index (χ1v) is 6.14. The number of rotatable bonds is 6. The molecule has 0 spiro atoms. The van der Waals surface area contributed by atoms with Gasteiger partial charge in [-0.05, 0) is 30.2 Å². The molecule has 0 saturated heterocycles. The van der Waals surface area contributed by atoms with Gasteiger partial charge in [-0.2, -0.15) is 5.10 Å². The largest absolute Gasteiger partial charge is 0.493 e. The minimum absolute atomic E-state index is 0.0771. The van der Waals surface area contributed by atoms with Crippen LogP contribution in [0.2, 0.25) is 0 Å².